The fourth-order valence-electron chi connectivity index (χ4n) is 9.32. The minimum Gasteiger partial charge on any atom is -0.492 e. The number of methoxy groups -OCH3 is 2. The van der Waals surface area contributed by atoms with Gasteiger partial charge < -0.3 is 23.1 Å². The molecule has 13 nitrogen and oxygen atoms in total. The van der Waals surface area contributed by atoms with Crippen molar-refractivity contribution in [3.8, 4) is 28.4 Å². The largest absolute Gasteiger partial charge is 0.492 e. The lowest BCUT2D eigenvalue weighted by molar-refractivity contribution is -0.118. The maximum atomic E-state index is 14.1. The highest BCUT2D eigenvalue weighted by Gasteiger charge is 2.59. The summed E-state index contributed by atoms with van der Waals surface area (Å²) in [4.78, 5) is 44.6. The maximum absolute atomic E-state index is 14.1. The molecule has 3 heterocycles. The number of nitrogens with zero attached hydrogens (tertiary/aromatic N) is 2. The molecule has 0 unspecified atom stereocenters. The second-order valence-electron chi connectivity index (χ2n) is 15.0. The summed E-state index contributed by atoms with van der Waals surface area (Å²) in [5.41, 5.74) is 6.66. The van der Waals surface area contributed by atoms with Crippen molar-refractivity contribution in [2.24, 2.45) is 0 Å². The van der Waals surface area contributed by atoms with Gasteiger partial charge in [0.1, 0.15) is 13.2 Å². The Hall–Kier alpha value is -6.80. The van der Waals surface area contributed by atoms with Crippen molar-refractivity contribution in [2.75, 3.05) is 43.8 Å². The van der Waals surface area contributed by atoms with Gasteiger partial charge in [-0.15, -0.1) is 0 Å². The summed E-state index contributed by atoms with van der Waals surface area (Å²) in [5.74, 6) is -0.0503. The van der Waals surface area contributed by atoms with Crippen LogP contribution in [0.4, 0.5) is 21.0 Å². The monoisotopic (exact) mass is 827 g/mol. The summed E-state index contributed by atoms with van der Waals surface area (Å²) in [5, 5.41) is 2.85. The van der Waals surface area contributed by atoms with E-state index in [0.29, 0.717) is 22.5 Å². The van der Waals surface area contributed by atoms with E-state index in [-0.39, 0.29) is 79.5 Å². The van der Waals surface area contributed by atoms with Gasteiger partial charge in [-0.05, 0) is 58.4 Å². The fraction of sp³-hybridized carbons (Fsp3) is 0.239. The quantitative estimate of drug-likeness (QED) is 0.137. The Morgan fingerprint density at radius 3 is 2.15 bits per heavy atom. The minimum absolute atomic E-state index is 0.0352. The summed E-state index contributed by atoms with van der Waals surface area (Å²) in [7, 11) is -1.11. The number of benzene rings is 5. The SMILES string of the molecule is COc1c(NC(=O)OCC2c3ccccc3-c3ccccc32)ccc([C@]23CCN(C(=O)OCc4ccccc4)C4=C2N(C(=O)CC4)c2c(OS(C)(=O)=O)cccc23)c1OC. The van der Waals surface area contributed by atoms with E-state index in [9.17, 15) is 22.8 Å². The van der Waals surface area contributed by atoms with Crippen LogP contribution in [0.1, 0.15) is 53.0 Å². The summed E-state index contributed by atoms with van der Waals surface area (Å²) >= 11 is 0. The third-order valence-corrected chi connectivity index (χ3v) is 12.2. The van der Waals surface area contributed by atoms with Crippen molar-refractivity contribution in [1.29, 1.82) is 0 Å². The third-order valence-electron chi connectivity index (χ3n) is 11.7. The van der Waals surface area contributed by atoms with Gasteiger partial charge in [0.05, 0.1) is 43.0 Å². The van der Waals surface area contributed by atoms with Crippen LogP contribution in [0.15, 0.2) is 121 Å². The van der Waals surface area contributed by atoms with Gasteiger partial charge in [-0.25, -0.2) is 9.59 Å². The average molecular weight is 828 g/mol. The first-order valence-corrected chi connectivity index (χ1v) is 21.3. The second-order valence-corrected chi connectivity index (χ2v) is 16.6. The molecule has 60 heavy (non-hydrogen) atoms. The van der Waals surface area contributed by atoms with Gasteiger partial charge in [-0.2, -0.15) is 8.42 Å². The normalized spacial score (nSPS) is 17.6. The smallest absolute Gasteiger partial charge is 0.414 e. The van der Waals surface area contributed by atoms with Crippen LogP contribution in [0.5, 0.6) is 17.2 Å². The van der Waals surface area contributed by atoms with Crippen molar-refractivity contribution in [1.82, 2.24) is 4.90 Å². The molecule has 0 bridgehead atoms. The first kappa shape index (κ1) is 38.7. The number of carbonyl (C=O) groups is 3. The van der Waals surface area contributed by atoms with Crippen molar-refractivity contribution >= 4 is 39.6 Å². The summed E-state index contributed by atoms with van der Waals surface area (Å²) in [6.45, 7) is 0.318. The predicted molar refractivity (Wildman–Crippen MR) is 223 cm³/mol. The van der Waals surface area contributed by atoms with E-state index < -0.39 is 27.7 Å². The zero-order valence-electron chi connectivity index (χ0n) is 33.1. The number of hydrogen-bond acceptors (Lipinski definition) is 10. The molecule has 0 spiro atoms. The highest BCUT2D eigenvalue weighted by Crippen LogP contribution is 2.63. The molecule has 9 rings (SSSR count). The number of carbonyl (C=O) groups excluding carboxylic acids is 3. The van der Waals surface area contributed by atoms with Crippen LogP contribution < -0.4 is 23.9 Å². The highest BCUT2D eigenvalue weighted by molar-refractivity contribution is 7.86. The first-order valence-electron chi connectivity index (χ1n) is 19.5. The maximum Gasteiger partial charge on any atom is 0.414 e. The summed E-state index contributed by atoms with van der Waals surface area (Å²) in [6, 6.07) is 33.9. The number of para-hydroxylation sites is 1. The zero-order chi connectivity index (χ0) is 41.8. The number of nitrogens with one attached hydrogen (secondary N) is 1. The number of fused-ring (bicyclic) bond motifs is 6. The average Bonchev–Trinajstić information content (AvgIpc) is 3.75. The molecule has 0 radical (unpaired) electrons. The molecule has 1 atom stereocenters. The Morgan fingerprint density at radius 1 is 0.783 bits per heavy atom. The molecule has 3 aliphatic heterocycles. The highest BCUT2D eigenvalue weighted by atomic mass is 32.2. The number of allylic oxidation sites excluding steroid dienone is 2. The minimum atomic E-state index is -4.03. The van der Waals surface area contributed by atoms with E-state index >= 15 is 0 Å². The second kappa shape index (κ2) is 15.1. The molecule has 14 heteroatoms. The number of anilines is 2. The number of ether oxygens (including phenoxy) is 4. The van der Waals surface area contributed by atoms with Crippen molar-refractivity contribution in [3.63, 3.8) is 0 Å². The standard InChI is InChI=1S/C46H41N3O10S/c1-55-41-35(20-21-36(42(41)56-2)47-44(51)57-27-33-31-16-9-7-14-29(31)30-15-8-10-17-32(30)33)46-24-25-48(45(52)58-26-28-12-5-4-6-13-28)37-22-23-39(50)49(43(37)46)40-34(46)18-11-19-38(40)59-60(3,53)54/h4-21,33H,22-27H2,1-3H3,(H,47,51)/t46-/m1/s1. The van der Waals surface area contributed by atoms with Crippen molar-refractivity contribution in [2.45, 2.75) is 37.2 Å². The van der Waals surface area contributed by atoms with E-state index in [0.717, 1.165) is 34.1 Å². The van der Waals surface area contributed by atoms with Gasteiger partial charge >= 0.3 is 22.3 Å². The Labute approximate surface area is 347 Å². The van der Waals surface area contributed by atoms with Gasteiger partial charge in [0.2, 0.25) is 5.91 Å². The Morgan fingerprint density at radius 2 is 1.47 bits per heavy atom. The lowest BCUT2D eigenvalue weighted by Gasteiger charge is -2.45. The summed E-state index contributed by atoms with van der Waals surface area (Å²) in [6.07, 6.45) is 0.128. The zero-order valence-corrected chi connectivity index (χ0v) is 33.9. The van der Waals surface area contributed by atoms with Crippen LogP contribution in [0.25, 0.3) is 11.1 Å². The number of rotatable bonds is 10. The van der Waals surface area contributed by atoms with E-state index in [1.807, 2.05) is 72.8 Å². The topological polar surface area (TPSA) is 150 Å². The van der Waals surface area contributed by atoms with Gasteiger partial charge in [0, 0.05) is 30.1 Å². The molecule has 4 aliphatic rings. The number of hydrogen-bond donors (Lipinski definition) is 1. The van der Waals surface area contributed by atoms with Gasteiger partial charge in [-0.1, -0.05) is 97.1 Å². The molecule has 1 aliphatic carbocycles. The fourth-order valence-corrected chi connectivity index (χ4v) is 9.78. The molecule has 306 valence electrons. The van der Waals surface area contributed by atoms with E-state index in [4.69, 9.17) is 23.1 Å². The van der Waals surface area contributed by atoms with E-state index in [1.165, 1.54) is 25.2 Å². The van der Waals surface area contributed by atoms with Crippen LogP contribution in [-0.4, -0.2) is 65.0 Å². The molecule has 0 fully saturated rings. The summed E-state index contributed by atoms with van der Waals surface area (Å²) < 4.78 is 54.5. The molecule has 1 N–H and O–H groups in total. The molecule has 0 saturated carbocycles. The Kier molecular flexibility index (Phi) is 9.74. The van der Waals surface area contributed by atoms with Gasteiger partial charge in [0.25, 0.3) is 0 Å². The van der Waals surface area contributed by atoms with Gasteiger partial charge in [0.15, 0.2) is 17.2 Å². The van der Waals surface area contributed by atoms with Crippen LogP contribution >= 0.6 is 0 Å². The molecule has 5 aromatic rings. The van der Waals surface area contributed by atoms with Crippen LogP contribution in [0.2, 0.25) is 0 Å². The predicted octanol–water partition coefficient (Wildman–Crippen LogP) is 8.08. The molecule has 3 amide bonds. The Balaban J connectivity index is 1.10. The van der Waals surface area contributed by atoms with Crippen molar-refractivity contribution in [3.05, 3.63) is 148 Å². The van der Waals surface area contributed by atoms with Gasteiger partial charge in [-0.3, -0.25) is 19.9 Å². The van der Waals surface area contributed by atoms with E-state index in [1.54, 1.807) is 23.1 Å². The number of amides is 3. The molecular formula is C46H41N3O10S. The molecule has 0 aromatic heterocycles. The van der Waals surface area contributed by atoms with Crippen LogP contribution in [0.3, 0.4) is 0 Å². The third kappa shape index (κ3) is 6.38. The molecule has 5 aromatic carbocycles. The lowest BCUT2D eigenvalue weighted by atomic mass is 9.68. The van der Waals surface area contributed by atoms with Crippen LogP contribution in [-0.2, 0) is 36.4 Å². The van der Waals surface area contributed by atoms with Crippen LogP contribution in [0, 0.1) is 0 Å². The Bertz CT molecular complexity index is 2670. The molecule has 0 saturated heterocycles. The molecular weight excluding hydrogens is 787 g/mol. The van der Waals surface area contributed by atoms with E-state index in [2.05, 4.69) is 17.4 Å². The first-order chi connectivity index (χ1) is 29.0. The lowest BCUT2D eigenvalue weighted by Crippen LogP contribution is -2.49. The van der Waals surface area contributed by atoms with Crippen molar-refractivity contribution < 1.29 is 45.9 Å².